The van der Waals surface area contributed by atoms with E-state index in [1.165, 1.54) is 22.5 Å². The summed E-state index contributed by atoms with van der Waals surface area (Å²) in [6, 6.07) is 10.7. The van der Waals surface area contributed by atoms with Gasteiger partial charge in [-0.05, 0) is 42.0 Å². The number of aromatic amines is 1. The summed E-state index contributed by atoms with van der Waals surface area (Å²) in [7, 11) is -3.56. The van der Waals surface area contributed by atoms with Gasteiger partial charge >= 0.3 is 0 Å². The molecule has 0 spiro atoms. The summed E-state index contributed by atoms with van der Waals surface area (Å²) in [5, 5.41) is 0.296. The first-order valence-corrected chi connectivity index (χ1v) is 10.3. The molecule has 0 fully saturated rings. The molecule has 2 aromatic carbocycles. The summed E-state index contributed by atoms with van der Waals surface area (Å²) in [6.07, 6.45) is 1.59. The molecule has 0 unspecified atom stereocenters. The van der Waals surface area contributed by atoms with E-state index in [-0.39, 0.29) is 10.7 Å². The summed E-state index contributed by atoms with van der Waals surface area (Å²) in [5.41, 5.74) is 1.75. The van der Waals surface area contributed by atoms with Crippen molar-refractivity contribution in [2.45, 2.75) is 18.7 Å². The van der Waals surface area contributed by atoms with Crippen LogP contribution in [-0.4, -0.2) is 35.8 Å². The predicted octanol–water partition coefficient (Wildman–Crippen LogP) is 4.47. The molecule has 8 heteroatoms. The highest BCUT2D eigenvalue weighted by molar-refractivity contribution is 7.89. The first-order chi connectivity index (χ1) is 12.8. The van der Waals surface area contributed by atoms with Gasteiger partial charge in [-0.25, -0.2) is 17.8 Å². The molecule has 1 N–H and O–H groups in total. The van der Waals surface area contributed by atoms with Crippen LogP contribution in [0.5, 0.6) is 0 Å². The Morgan fingerprint density at radius 3 is 2.63 bits per heavy atom. The fraction of sp³-hybridized carbons (Fsp3) is 0.211. The van der Waals surface area contributed by atoms with Gasteiger partial charge in [0.1, 0.15) is 11.6 Å². The standard InChI is InChI=1S/C19H19ClFN3O2S/c1-3-24(4-2)27(25,26)15-8-9-17-18(12-15)23-19(22-17)16(20)11-13-6-5-7-14(21)10-13/h5-12H,3-4H2,1-2H3,(H,22,23)/b16-11-. The van der Waals surface area contributed by atoms with E-state index in [1.807, 2.05) is 0 Å². The fourth-order valence-electron chi connectivity index (χ4n) is 2.79. The van der Waals surface area contributed by atoms with E-state index in [4.69, 9.17) is 11.6 Å². The third-order valence-corrected chi connectivity index (χ3v) is 6.50. The monoisotopic (exact) mass is 407 g/mol. The second-order valence-corrected chi connectivity index (χ2v) is 8.25. The average molecular weight is 408 g/mol. The van der Waals surface area contributed by atoms with Crippen LogP contribution in [0, 0.1) is 5.82 Å². The van der Waals surface area contributed by atoms with Crippen LogP contribution in [0.4, 0.5) is 4.39 Å². The normalized spacial score (nSPS) is 12.9. The number of nitrogens with zero attached hydrogens (tertiary/aromatic N) is 2. The Labute approximate surface area is 162 Å². The Kier molecular flexibility index (Phi) is 5.64. The van der Waals surface area contributed by atoms with Gasteiger partial charge in [-0.1, -0.05) is 37.6 Å². The number of benzene rings is 2. The topological polar surface area (TPSA) is 66.1 Å². The number of fused-ring (bicyclic) bond motifs is 1. The summed E-state index contributed by atoms with van der Waals surface area (Å²) in [4.78, 5) is 7.60. The van der Waals surface area contributed by atoms with Crippen LogP contribution in [-0.2, 0) is 10.0 Å². The van der Waals surface area contributed by atoms with Crippen LogP contribution >= 0.6 is 11.6 Å². The predicted molar refractivity (Wildman–Crippen MR) is 106 cm³/mol. The summed E-state index contributed by atoms with van der Waals surface area (Å²) in [6.45, 7) is 4.39. The van der Waals surface area contributed by atoms with E-state index in [1.54, 1.807) is 44.2 Å². The van der Waals surface area contributed by atoms with Crippen LogP contribution in [0.25, 0.3) is 22.1 Å². The van der Waals surface area contributed by atoms with Crippen molar-refractivity contribution >= 4 is 43.8 Å². The van der Waals surface area contributed by atoms with E-state index >= 15 is 0 Å². The molecule has 5 nitrogen and oxygen atoms in total. The number of hydrogen-bond acceptors (Lipinski definition) is 3. The molecule has 27 heavy (non-hydrogen) atoms. The lowest BCUT2D eigenvalue weighted by molar-refractivity contribution is 0.445. The Hall–Kier alpha value is -2.22. The number of aromatic nitrogens is 2. The van der Waals surface area contributed by atoms with Gasteiger partial charge in [-0.2, -0.15) is 4.31 Å². The molecular formula is C19H19ClFN3O2S. The van der Waals surface area contributed by atoms with E-state index in [2.05, 4.69) is 9.97 Å². The van der Waals surface area contributed by atoms with Gasteiger partial charge in [0.25, 0.3) is 0 Å². The molecule has 0 bridgehead atoms. The van der Waals surface area contributed by atoms with Gasteiger partial charge in [-0.15, -0.1) is 0 Å². The molecule has 0 aliphatic rings. The number of imidazole rings is 1. The highest BCUT2D eigenvalue weighted by Gasteiger charge is 2.22. The Morgan fingerprint density at radius 2 is 1.96 bits per heavy atom. The molecular weight excluding hydrogens is 389 g/mol. The van der Waals surface area contributed by atoms with Crippen molar-refractivity contribution in [2.75, 3.05) is 13.1 Å². The number of hydrogen-bond donors (Lipinski definition) is 1. The van der Waals surface area contributed by atoms with Crippen molar-refractivity contribution in [3.63, 3.8) is 0 Å². The van der Waals surface area contributed by atoms with E-state index in [9.17, 15) is 12.8 Å². The van der Waals surface area contributed by atoms with Crippen molar-refractivity contribution in [2.24, 2.45) is 0 Å². The molecule has 3 rings (SSSR count). The molecule has 1 aromatic heterocycles. The zero-order valence-electron chi connectivity index (χ0n) is 14.9. The van der Waals surface area contributed by atoms with E-state index < -0.39 is 10.0 Å². The molecule has 0 saturated carbocycles. The lowest BCUT2D eigenvalue weighted by atomic mass is 10.2. The van der Waals surface area contributed by atoms with Crippen molar-refractivity contribution in [1.82, 2.24) is 14.3 Å². The Balaban J connectivity index is 1.99. The number of rotatable bonds is 6. The average Bonchev–Trinajstić information content (AvgIpc) is 3.06. The molecule has 1 heterocycles. The maximum atomic E-state index is 13.3. The van der Waals surface area contributed by atoms with Crippen molar-refractivity contribution in [3.05, 3.63) is 59.7 Å². The van der Waals surface area contributed by atoms with Crippen LogP contribution in [0.3, 0.4) is 0 Å². The van der Waals surface area contributed by atoms with Gasteiger partial charge in [0, 0.05) is 13.1 Å². The maximum absolute atomic E-state index is 13.3. The third-order valence-electron chi connectivity index (χ3n) is 4.16. The van der Waals surface area contributed by atoms with Crippen LogP contribution < -0.4 is 0 Å². The third kappa shape index (κ3) is 4.05. The SMILES string of the molecule is CCN(CC)S(=O)(=O)c1ccc2nc(/C(Cl)=C/c3cccc(F)c3)[nH]c2c1. The van der Waals surface area contributed by atoms with Gasteiger partial charge in [-0.3, -0.25) is 0 Å². The van der Waals surface area contributed by atoms with Crippen molar-refractivity contribution in [3.8, 4) is 0 Å². The molecule has 0 aliphatic heterocycles. The quantitative estimate of drug-likeness (QED) is 0.655. The number of sulfonamides is 1. The second kappa shape index (κ2) is 7.80. The highest BCUT2D eigenvalue weighted by Crippen LogP contribution is 2.25. The fourth-order valence-corrected chi connectivity index (χ4v) is 4.49. The lowest BCUT2D eigenvalue weighted by Gasteiger charge is -2.18. The lowest BCUT2D eigenvalue weighted by Crippen LogP contribution is -2.30. The minimum Gasteiger partial charge on any atom is -0.337 e. The molecule has 0 aliphatic carbocycles. The minimum atomic E-state index is -3.56. The Bertz CT molecular complexity index is 1110. The number of nitrogens with one attached hydrogen (secondary N) is 1. The first-order valence-electron chi connectivity index (χ1n) is 8.48. The molecule has 0 saturated heterocycles. The summed E-state index contributed by atoms with van der Waals surface area (Å²) < 4.78 is 40.0. The van der Waals surface area contributed by atoms with Crippen molar-refractivity contribution in [1.29, 1.82) is 0 Å². The van der Waals surface area contributed by atoms with Crippen LogP contribution in [0.1, 0.15) is 25.2 Å². The van der Waals surface area contributed by atoms with E-state index in [0.29, 0.717) is 40.5 Å². The molecule has 3 aromatic rings. The summed E-state index contributed by atoms with van der Waals surface area (Å²) >= 11 is 6.31. The molecule has 0 radical (unpaired) electrons. The highest BCUT2D eigenvalue weighted by atomic mass is 35.5. The molecule has 142 valence electrons. The van der Waals surface area contributed by atoms with Crippen LogP contribution in [0.15, 0.2) is 47.4 Å². The van der Waals surface area contributed by atoms with Gasteiger partial charge in [0.2, 0.25) is 10.0 Å². The maximum Gasteiger partial charge on any atom is 0.243 e. The first kappa shape index (κ1) is 19.5. The second-order valence-electron chi connectivity index (χ2n) is 5.90. The van der Waals surface area contributed by atoms with E-state index in [0.717, 1.165) is 0 Å². The van der Waals surface area contributed by atoms with Crippen LogP contribution in [0.2, 0.25) is 0 Å². The van der Waals surface area contributed by atoms with Gasteiger partial charge in [0.05, 0.1) is 21.0 Å². The van der Waals surface area contributed by atoms with Gasteiger partial charge in [0.15, 0.2) is 0 Å². The van der Waals surface area contributed by atoms with Crippen molar-refractivity contribution < 1.29 is 12.8 Å². The Morgan fingerprint density at radius 1 is 1.22 bits per heavy atom. The molecule has 0 atom stereocenters. The zero-order chi connectivity index (χ0) is 19.6. The number of H-pyrrole nitrogens is 1. The summed E-state index contributed by atoms with van der Waals surface area (Å²) in [5.74, 6) is 0.0254. The van der Waals surface area contributed by atoms with Gasteiger partial charge < -0.3 is 4.98 Å². The molecule has 0 amide bonds. The number of halogens is 2. The smallest absolute Gasteiger partial charge is 0.243 e. The largest absolute Gasteiger partial charge is 0.337 e. The minimum absolute atomic E-state index is 0.194. The zero-order valence-corrected chi connectivity index (χ0v) is 16.5.